The van der Waals surface area contributed by atoms with Crippen LogP contribution in [0.5, 0.6) is 0 Å². The number of hydrogen-bond acceptors (Lipinski definition) is 4. The Labute approximate surface area is 129 Å². The lowest BCUT2D eigenvalue weighted by molar-refractivity contribution is 0.0927. The van der Waals surface area contributed by atoms with Crippen LogP contribution in [0.1, 0.15) is 22.8 Å². The van der Waals surface area contributed by atoms with Gasteiger partial charge >= 0.3 is 0 Å². The number of fused-ring (bicyclic) bond motifs is 1. The van der Waals surface area contributed by atoms with Crippen molar-refractivity contribution >= 4 is 32.8 Å². The molecule has 3 aromatic rings. The molecule has 0 bridgehead atoms. The molecule has 2 heterocycles. The molecule has 1 amide bonds. The van der Waals surface area contributed by atoms with Crippen molar-refractivity contribution in [2.45, 2.75) is 12.8 Å². The lowest BCUT2D eigenvalue weighted by Gasteiger charge is -2.01. The summed E-state index contributed by atoms with van der Waals surface area (Å²) in [5.41, 5.74) is 0.685. The molecule has 0 unspecified atom stereocenters. The fraction of sp³-hybridized carbons (Fsp3) is 0.214. The first kappa shape index (κ1) is 13.8. The van der Waals surface area contributed by atoms with E-state index >= 15 is 0 Å². The molecule has 0 aliphatic heterocycles. The number of nitrogens with zero attached hydrogens (tertiary/aromatic N) is 2. The Morgan fingerprint density at radius 2 is 2.33 bits per heavy atom. The minimum Gasteiger partial charge on any atom is -0.450 e. The molecular weight excluding hydrogens is 336 g/mol. The van der Waals surface area contributed by atoms with Gasteiger partial charge in [-0.3, -0.25) is 9.89 Å². The molecule has 0 radical (unpaired) electrons. The summed E-state index contributed by atoms with van der Waals surface area (Å²) >= 11 is 3.40. The van der Waals surface area contributed by atoms with Gasteiger partial charge in [0.1, 0.15) is 17.7 Å². The van der Waals surface area contributed by atoms with E-state index in [-0.39, 0.29) is 5.91 Å². The SMILES string of the molecule is O=C(NCCCc1ncn[nH]1)c1cc2cccc(Br)c2o1. The van der Waals surface area contributed by atoms with Crippen LogP contribution in [0.25, 0.3) is 11.0 Å². The molecule has 2 aromatic heterocycles. The number of rotatable bonds is 5. The van der Waals surface area contributed by atoms with E-state index in [1.807, 2.05) is 18.2 Å². The number of carbonyl (C=O) groups is 1. The smallest absolute Gasteiger partial charge is 0.287 e. The largest absolute Gasteiger partial charge is 0.450 e. The van der Waals surface area contributed by atoms with Gasteiger partial charge in [-0.15, -0.1) is 0 Å². The van der Waals surface area contributed by atoms with Gasteiger partial charge in [0.25, 0.3) is 5.91 Å². The first-order valence-electron chi connectivity index (χ1n) is 6.54. The average Bonchev–Trinajstić information content (AvgIpc) is 3.13. The first-order valence-corrected chi connectivity index (χ1v) is 7.34. The normalized spacial score (nSPS) is 10.9. The highest BCUT2D eigenvalue weighted by Gasteiger charge is 2.13. The van der Waals surface area contributed by atoms with E-state index in [0.717, 1.165) is 28.5 Å². The molecule has 0 saturated heterocycles. The van der Waals surface area contributed by atoms with Crippen molar-refractivity contribution in [3.05, 3.63) is 46.7 Å². The molecule has 6 nitrogen and oxygen atoms in total. The summed E-state index contributed by atoms with van der Waals surface area (Å²) in [4.78, 5) is 16.1. The van der Waals surface area contributed by atoms with Crippen LogP contribution in [0.15, 0.2) is 39.5 Å². The molecule has 0 aliphatic carbocycles. The van der Waals surface area contributed by atoms with E-state index in [1.54, 1.807) is 6.07 Å². The zero-order valence-electron chi connectivity index (χ0n) is 11.1. The topological polar surface area (TPSA) is 83.8 Å². The molecule has 0 fully saturated rings. The zero-order valence-corrected chi connectivity index (χ0v) is 12.7. The van der Waals surface area contributed by atoms with Crippen LogP contribution in [0.3, 0.4) is 0 Å². The van der Waals surface area contributed by atoms with Gasteiger partial charge in [0.2, 0.25) is 0 Å². The Kier molecular flexibility index (Phi) is 4.01. The molecule has 0 aliphatic rings. The fourth-order valence-electron chi connectivity index (χ4n) is 2.04. The second-order valence-electron chi connectivity index (χ2n) is 4.56. The third-order valence-electron chi connectivity index (χ3n) is 3.06. The van der Waals surface area contributed by atoms with Crippen molar-refractivity contribution < 1.29 is 9.21 Å². The van der Waals surface area contributed by atoms with E-state index in [9.17, 15) is 4.79 Å². The number of carbonyl (C=O) groups excluding carboxylic acids is 1. The van der Waals surface area contributed by atoms with Crippen molar-refractivity contribution in [1.29, 1.82) is 0 Å². The van der Waals surface area contributed by atoms with Crippen molar-refractivity contribution in [3.63, 3.8) is 0 Å². The number of aryl methyl sites for hydroxylation is 1. The third kappa shape index (κ3) is 3.13. The van der Waals surface area contributed by atoms with E-state index in [1.165, 1.54) is 6.33 Å². The van der Waals surface area contributed by atoms with Crippen molar-refractivity contribution in [3.8, 4) is 0 Å². The summed E-state index contributed by atoms with van der Waals surface area (Å²) in [5.74, 6) is 0.921. The second-order valence-corrected chi connectivity index (χ2v) is 5.41. The van der Waals surface area contributed by atoms with Gasteiger partial charge in [-0.25, -0.2) is 4.98 Å². The van der Waals surface area contributed by atoms with E-state index < -0.39 is 0 Å². The lowest BCUT2D eigenvalue weighted by atomic mass is 10.2. The molecule has 0 spiro atoms. The number of H-pyrrole nitrogens is 1. The maximum atomic E-state index is 12.0. The summed E-state index contributed by atoms with van der Waals surface area (Å²) < 4.78 is 6.41. The van der Waals surface area contributed by atoms with E-state index in [2.05, 4.69) is 36.4 Å². The minimum atomic E-state index is -0.212. The van der Waals surface area contributed by atoms with Gasteiger partial charge in [0.15, 0.2) is 5.76 Å². The predicted molar refractivity (Wildman–Crippen MR) is 81.0 cm³/mol. The van der Waals surface area contributed by atoms with Crippen LogP contribution in [0, 0.1) is 0 Å². The number of para-hydroxylation sites is 1. The summed E-state index contributed by atoms with van der Waals surface area (Å²) in [6.07, 6.45) is 3.00. The Hall–Kier alpha value is -2.15. The van der Waals surface area contributed by atoms with Gasteiger partial charge in [-0.2, -0.15) is 5.10 Å². The second kappa shape index (κ2) is 6.09. The number of aromatic nitrogens is 3. The molecule has 3 rings (SSSR count). The Morgan fingerprint density at radius 1 is 1.43 bits per heavy atom. The van der Waals surface area contributed by atoms with Crippen LogP contribution in [-0.4, -0.2) is 27.6 Å². The van der Waals surface area contributed by atoms with Crippen molar-refractivity contribution in [1.82, 2.24) is 20.5 Å². The third-order valence-corrected chi connectivity index (χ3v) is 3.69. The monoisotopic (exact) mass is 348 g/mol. The Morgan fingerprint density at radius 3 is 3.10 bits per heavy atom. The molecule has 1 aromatic carbocycles. The molecular formula is C14H13BrN4O2. The van der Waals surface area contributed by atoms with Gasteiger partial charge < -0.3 is 9.73 Å². The number of amides is 1. The standard InChI is InChI=1S/C14H13BrN4O2/c15-10-4-1-3-9-7-11(21-13(9)10)14(20)16-6-2-5-12-17-8-18-19-12/h1,3-4,7-8H,2,5-6H2,(H,16,20)(H,17,18,19). The summed E-state index contributed by atoms with van der Waals surface area (Å²) in [5, 5.41) is 10.3. The number of aromatic amines is 1. The highest BCUT2D eigenvalue weighted by Crippen LogP contribution is 2.26. The van der Waals surface area contributed by atoms with Crippen LogP contribution >= 0.6 is 15.9 Å². The number of furan rings is 1. The predicted octanol–water partition coefficient (Wildman–Crippen LogP) is 2.68. The highest BCUT2D eigenvalue weighted by atomic mass is 79.9. The molecule has 7 heteroatoms. The average molecular weight is 349 g/mol. The van der Waals surface area contributed by atoms with E-state index in [0.29, 0.717) is 17.9 Å². The molecule has 0 atom stereocenters. The maximum absolute atomic E-state index is 12.0. The Balaban J connectivity index is 1.58. The summed E-state index contributed by atoms with van der Waals surface area (Å²) in [6.45, 7) is 0.553. The maximum Gasteiger partial charge on any atom is 0.287 e. The Bertz CT molecular complexity index is 752. The van der Waals surface area contributed by atoms with Gasteiger partial charge in [-0.05, 0) is 34.5 Å². The summed E-state index contributed by atoms with van der Waals surface area (Å²) in [7, 11) is 0. The van der Waals surface area contributed by atoms with Gasteiger partial charge in [0, 0.05) is 18.4 Å². The van der Waals surface area contributed by atoms with Crippen molar-refractivity contribution in [2.24, 2.45) is 0 Å². The lowest BCUT2D eigenvalue weighted by Crippen LogP contribution is -2.24. The fourth-order valence-corrected chi connectivity index (χ4v) is 2.50. The molecule has 108 valence electrons. The molecule has 0 saturated carbocycles. The van der Waals surface area contributed by atoms with Crippen LogP contribution in [0.4, 0.5) is 0 Å². The van der Waals surface area contributed by atoms with E-state index in [4.69, 9.17) is 4.42 Å². The minimum absolute atomic E-state index is 0.212. The number of hydrogen-bond donors (Lipinski definition) is 2. The first-order chi connectivity index (χ1) is 10.2. The highest BCUT2D eigenvalue weighted by molar-refractivity contribution is 9.10. The van der Waals surface area contributed by atoms with Crippen LogP contribution in [-0.2, 0) is 6.42 Å². The van der Waals surface area contributed by atoms with Gasteiger partial charge in [-0.1, -0.05) is 12.1 Å². The number of halogens is 1. The number of benzene rings is 1. The van der Waals surface area contributed by atoms with Crippen molar-refractivity contribution in [2.75, 3.05) is 6.54 Å². The van der Waals surface area contributed by atoms with Crippen LogP contribution in [0.2, 0.25) is 0 Å². The molecule has 2 N–H and O–H groups in total. The quantitative estimate of drug-likeness (QED) is 0.694. The van der Waals surface area contributed by atoms with Crippen LogP contribution < -0.4 is 5.32 Å². The summed E-state index contributed by atoms with van der Waals surface area (Å²) in [6, 6.07) is 7.43. The number of nitrogens with one attached hydrogen (secondary N) is 2. The molecule has 21 heavy (non-hydrogen) atoms. The van der Waals surface area contributed by atoms with Gasteiger partial charge in [0.05, 0.1) is 4.47 Å². The zero-order chi connectivity index (χ0) is 14.7.